The van der Waals surface area contributed by atoms with Crippen LogP contribution >= 0.6 is 11.3 Å². The van der Waals surface area contributed by atoms with Gasteiger partial charge < -0.3 is 15.0 Å². The normalized spacial score (nSPS) is 14.8. The van der Waals surface area contributed by atoms with E-state index in [4.69, 9.17) is 9.72 Å². The van der Waals surface area contributed by atoms with Gasteiger partial charge in [-0.25, -0.2) is 13.4 Å². The topological polar surface area (TPSA) is 91.8 Å². The summed E-state index contributed by atoms with van der Waals surface area (Å²) in [5.41, 5.74) is 2.68. The Morgan fingerprint density at radius 3 is 2.52 bits per heavy atom. The molecule has 0 radical (unpaired) electrons. The highest BCUT2D eigenvalue weighted by atomic mass is 32.2. The first-order valence-electron chi connectivity index (χ1n) is 10.6. The van der Waals surface area contributed by atoms with Gasteiger partial charge in [-0.15, -0.1) is 11.3 Å². The lowest BCUT2D eigenvalue weighted by Crippen LogP contribution is -2.48. The van der Waals surface area contributed by atoms with Crippen LogP contribution in [-0.2, 0) is 21.2 Å². The van der Waals surface area contributed by atoms with Gasteiger partial charge in [-0.3, -0.25) is 4.79 Å². The number of piperazine rings is 1. The molecule has 0 atom stereocenters. The molecule has 1 aromatic heterocycles. The predicted molar refractivity (Wildman–Crippen MR) is 130 cm³/mol. The van der Waals surface area contributed by atoms with Gasteiger partial charge in [0.15, 0.2) is 5.13 Å². The summed E-state index contributed by atoms with van der Waals surface area (Å²) in [6, 6.07) is 14.2. The largest absolute Gasteiger partial charge is 0.497 e. The lowest BCUT2D eigenvalue weighted by atomic mass is 10.1. The first kappa shape index (κ1) is 23.2. The Morgan fingerprint density at radius 1 is 1.12 bits per heavy atom. The Balaban J connectivity index is 1.37. The first-order valence-corrected chi connectivity index (χ1v) is 12.9. The van der Waals surface area contributed by atoms with Gasteiger partial charge in [0, 0.05) is 50.6 Å². The van der Waals surface area contributed by atoms with Crippen LogP contribution < -0.4 is 15.0 Å². The minimum absolute atomic E-state index is 0.199. The fourth-order valence-electron chi connectivity index (χ4n) is 3.70. The molecule has 8 nitrogen and oxygen atoms in total. The second-order valence-electron chi connectivity index (χ2n) is 7.75. The molecule has 0 unspecified atom stereocenters. The number of hydrogen-bond donors (Lipinski definition) is 1. The molecule has 1 N–H and O–H groups in total. The third-order valence-electron chi connectivity index (χ3n) is 5.38. The zero-order valence-corrected chi connectivity index (χ0v) is 20.2. The highest BCUT2D eigenvalue weighted by Crippen LogP contribution is 2.26. The maximum absolute atomic E-state index is 13.0. The fraction of sp³-hybridized carbons (Fsp3) is 0.304. The quantitative estimate of drug-likeness (QED) is 0.551. The molecule has 2 aromatic carbocycles. The van der Waals surface area contributed by atoms with E-state index in [9.17, 15) is 13.2 Å². The van der Waals surface area contributed by atoms with Crippen molar-refractivity contribution in [2.24, 2.45) is 0 Å². The van der Waals surface area contributed by atoms with Crippen LogP contribution in [0.1, 0.15) is 18.2 Å². The van der Waals surface area contributed by atoms with Crippen molar-refractivity contribution < 1.29 is 17.9 Å². The molecular weight excluding hydrogens is 460 g/mol. The van der Waals surface area contributed by atoms with Crippen molar-refractivity contribution in [2.75, 3.05) is 43.5 Å². The van der Waals surface area contributed by atoms with E-state index in [1.807, 2.05) is 24.3 Å². The van der Waals surface area contributed by atoms with Crippen molar-refractivity contribution in [3.05, 3.63) is 65.2 Å². The van der Waals surface area contributed by atoms with Gasteiger partial charge in [0.25, 0.3) is 0 Å². The van der Waals surface area contributed by atoms with Gasteiger partial charge in [0.1, 0.15) is 5.75 Å². The number of nitrogens with one attached hydrogen (secondary N) is 1. The van der Waals surface area contributed by atoms with Crippen molar-refractivity contribution in [2.45, 2.75) is 18.2 Å². The van der Waals surface area contributed by atoms with Crippen LogP contribution in [0.5, 0.6) is 5.75 Å². The lowest BCUT2D eigenvalue weighted by Gasteiger charge is -2.33. The molecule has 1 aliphatic heterocycles. The molecule has 0 saturated carbocycles. The predicted octanol–water partition coefficient (Wildman–Crippen LogP) is 3.21. The van der Waals surface area contributed by atoms with E-state index in [2.05, 4.69) is 15.6 Å². The van der Waals surface area contributed by atoms with Crippen LogP contribution in [-0.4, -0.2) is 56.9 Å². The maximum atomic E-state index is 13.0. The first-order chi connectivity index (χ1) is 15.8. The number of rotatable bonds is 7. The number of aromatic nitrogens is 1. The zero-order chi connectivity index (χ0) is 23.4. The lowest BCUT2D eigenvalue weighted by molar-refractivity contribution is -0.114. The molecule has 1 fully saturated rings. The Kier molecular flexibility index (Phi) is 6.96. The molecule has 1 aliphatic rings. The number of sulfonamides is 1. The number of carbonyl (C=O) groups excluding carboxylic acids is 1. The number of benzene rings is 2. The fourth-order valence-corrected chi connectivity index (χ4v) is 6.00. The van der Waals surface area contributed by atoms with Crippen LogP contribution in [0.4, 0.5) is 10.8 Å². The van der Waals surface area contributed by atoms with E-state index in [1.165, 1.54) is 23.4 Å². The molecule has 1 amide bonds. The highest BCUT2D eigenvalue weighted by Gasteiger charge is 2.29. The van der Waals surface area contributed by atoms with Gasteiger partial charge in [0.05, 0.1) is 17.7 Å². The number of amides is 1. The van der Waals surface area contributed by atoms with Crippen molar-refractivity contribution in [3.63, 3.8) is 0 Å². The molecule has 174 valence electrons. The molecule has 10 heteroatoms. The monoisotopic (exact) mass is 486 g/mol. The Bertz CT molecular complexity index is 1220. The minimum Gasteiger partial charge on any atom is -0.497 e. The second kappa shape index (κ2) is 9.90. The van der Waals surface area contributed by atoms with Crippen LogP contribution in [0, 0.1) is 0 Å². The average Bonchev–Trinajstić information content (AvgIpc) is 3.27. The molecule has 0 bridgehead atoms. The van der Waals surface area contributed by atoms with Crippen molar-refractivity contribution >= 4 is 38.1 Å². The number of hydrogen-bond acceptors (Lipinski definition) is 7. The van der Waals surface area contributed by atoms with Crippen LogP contribution in [0.15, 0.2) is 58.8 Å². The number of methoxy groups -OCH3 is 1. The van der Waals surface area contributed by atoms with E-state index < -0.39 is 10.0 Å². The Hall–Kier alpha value is -2.95. The molecule has 4 rings (SSSR count). The summed E-state index contributed by atoms with van der Waals surface area (Å²) in [6.45, 7) is 3.35. The zero-order valence-electron chi connectivity index (χ0n) is 18.5. The van der Waals surface area contributed by atoms with Crippen molar-refractivity contribution in [1.29, 1.82) is 0 Å². The number of nitrogens with zero attached hydrogens (tertiary/aromatic N) is 3. The standard InChI is InChI=1S/C23H26N4O4S2/c1-17(28)24-19-6-8-22(9-7-19)33(29,30)27-12-10-26(11-13-27)23-25-20(16-32-23)14-18-4-3-5-21(15-18)31-2/h3-9,15-16H,10-14H2,1-2H3,(H,24,28). The summed E-state index contributed by atoms with van der Waals surface area (Å²) in [5.74, 6) is 0.626. The molecule has 3 aromatic rings. The maximum Gasteiger partial charge on any atom is 0.243 e. The van der Waals surface area contributed by atoms with Gasteiger partial charge >= 0.3 is 0 Å². The number of anilines is 2. The number of thiazole rings is 1. The van der Waals surface area contributed by atoms with Crippen molar-refractivity contribution in [1.82, 2.24) is 9.29 Å². The SMILES string of the molecule is COc1cccc(Cc2csc(N3CCN(S(=O)(=O)c4ccc(NC(C)=O)cc4)CC3)n2)c1. The molecule has 33 heavy (non-hydrogen) atoms. The summed E-state index contributed by atoms with van der Waals surface area (Å²) >= 11 is 1.58. The molecule has 2 heterocycles. The second-order valence-corrected chi connectivity index (χ2v) is 10.5. The number of carbonyl (C=O) groups is 1. The van der Waals surface area contributed by atoms with Crippen molar-refractivity contribution in [3.8, 4) is 5.75 Å². The third kappa shape index (κ3) is 5.52. The van der Waals surface area contributed by atoms with Gasteiger partial charge in [-0.2, -0.15) is 4.31 Å². The minimum atomic E-state index is -3.59. The highest BCUT2D eigenvalue weighted by molar-refractivity contribution is 7.89. The number of ether oxygens (including phenoxy) is 1. The van der Waals surface area contributed by atoms with Gasteiger partial charge in [-0.1, -0.05) is 12.1 Å². The van der Waals surface area contributed by atoms with Gasteiger partial charge in [0.2, 0.25) is 15.9 Å². The van der Waals surface area contributed by atoms with E-state index in [-0.39, 0.29) is 10.8 Å². The molecule has 0 aliphatic carbocycles. The third-order valence-corrected chi connectivity index (χ3v) is 8.24. The van der Waals surface area contributed by atoms with E-state index >= 15 is 0 Å². The summed E-state index contributed by atoms with van der Waals surface area (Å²) in [4.78, 5) is 18.3. The average molecular weight is 487 g/mol. The molecule has 0 spiro atoms. The summed E-state index contributed by atoms with van der Waals surface area (Å²) in [6.07, 6.45) is 0.719. The van der Waals surface area contributed by atoms with E-state index in [0.717, 1.165) is 28.6 Å². The van der Waals surface area contributed by atoms with Crippen LogP contribution in [0.25, 0.3) is 0 Å². The molecular formula is C23H26N4O4S2. The smallest absolute Gasteiger partial charge is 0.243 e. The van der Waals surface area contributed by atoms with Gasteiger partial charge in [-0.05, 0) is 42.0 Å². The van der Waals surface area contributed by atoms with E-state index in [1.54, 1.807) is 30.6 Å². The Morgan fingerprint density at radius 2 is 1.85 bits per heavy atom. The summed E-state index contributed by atoms with van der Waals surface area (Å²) in [7, 11) is -1.94. The van der Waals surface area contributed by atoms with E-state index in [0.29, 0.717) is 31.9 Å². The molecule has 1 saturated heterocycles. The van der Waals surface area contributed by atoms with Crippen LogP contribution in [0.2, 0.25) is 0 Å². The summed E-state index contributed by atoms with van der Waals surface area (Å²) < 4.78 is 32.8. The van der Waals surface area contributed by atoms with Crippen LogP contribution in [0.3, 0.4) is 0 Å². The Labute approximate surface area is 197 Å². The summed E-state index contributed by atoms with van der Waals surface area (Å²) in [5, 5.41) is 5.60.